The molecule has 3 N–H and O–H groups in total. The molecule has 0 aliphatic heterocycles. The molecule has 0 aromatic carbocycles. The number of carbonyl (C=O) groups is 2. The van der Waals surface area contributed by atoms with Gasteiger partial charge in [-0.3, -0.25) is 9.59 Å². The van der Waals surface area contributed by atoms with E-state index in [4.69, 9.17) is 10.5 Å². The lowest BCUT2D eigenvalue weighted by Gasteiger charge is -2.36. The van der Waals surface area contributed by atoms with Crippen LogP contribution in [0.25, 0.3) is 0 Å². The summed E-state index contributed by atoms with van der Waals surface area (Å²) in [5.74, 6) is 0.0651. The normalized spacial score (nSPS) is 27.2. The standard InChI is InChI=1S/C18H32N2O3/c1-2-23-17(22)14-6-8-15(9-7-14)20-16(21)12-18(13-19)10-4-3-5-11-18/h14-15H,2-13,19H2,1H3,(H,20,21). The van der Waals surface area contributed by atoms with E-state index in [-0.39, 0.29) is 29.3 Å². The number of amides is 1. The zero-order valence-electron chi connectivity index (χ0n) is 14.4. The van der Waals surface area contributed by atoms with Crippen molar-refractivity contribution in [1.82, 2.24) is 5.32 Å². The average Bonchev–Trinajstić information content (AvgIpc) is 2.56. The highest BCUT2D eigenvalue weighted by Crippen LogP contribution is 2.38. The van der Waals surface area contributed by atoms with Crippen molar-refractivity contribution in [2.45, 2.75) is 77.2 Å². The summed E-state index contributed by atoms with van der Waals surface area (Å²) in [5, 5.41) is 3.17. The topological polar surface area (TPSA) is 81.4 Å². The quantitative estimate of drug-likeness (QED) is 0.736. The first-order valence-corrected chi connectivity index (χ1v) is 9.24. The van der Waals surface area contributed by atoms with Crippen molar-refractivity contribution in [1.29, 1.82) is 0 Å². The number of hydrogen-bond acceptors (Lipinski definition) is 4. The molecule has 0 bridgehead atoms. The van der Waals surface area contributed by atoms with Gasteiger partial charge in [-0.25, -0.2) is 0 Å². The monoisotopic (exact) mass is 324 g/mol. The van der Waals surface area contributed by atoms with Crippen LogP contribution in [-0.4, -0.2) is 31.1 Å². The Morgan fingerprint density at radius 2 is 1.78 bits per heavy atom. The van der Waals surface area contributed by atoms with Crippen LogP contribution in [0.3, 0.4) is 0 Å². The SMILES string of the molecule is CCOC(=O)C1CCC(NC(=O)CC2(CN)CCCCC2)CC1. The van der Waals surface area contributed by atoms with Crippen molar-refractivity contribution >= 4 is 11.9 Å². The number of ether oxygens (including phenoxy) is 1. The van der Waals surface area contributed by atoms with Gasteiger partial charge < -0.3 is 15.8 Å². The summed E-state index contributed by atoms with van der Waals surface area (Å²) < 4.78 is 5.09. The van der Waals surface area contributed by atoms with E-state index in [1.165, 1.54) is 19.3 Å². The van der Waals surface area contributed by atoms with Crippen molar-refractivity contribution in [2.24, 2.45) is 17.1 Å². The Balaban J connectivity index is 1.75. The molecule has 2 aliphatic rings. The number of esters is 1. The molecule has 0 heterocycles. The Morgan fingerprint density at radius 3 is 2.35 bits per heavy atom. The summed E-state index contributed by atoms with van der Waals surface area (Å²) in [6, 6.07) is 0.201. The van der Waals surface area contributed by atoms with E-state index in [0.29, 0.717) is 19.6 Å². The Morgan fingerprint density at radius 1 is 1.13 bits per heavy atom. The molecule has 0 unspecified atom stereocenters. The van der Waals surface area contributed by atoms with Gasteiger partial charge in [0.05, 0.1) is 12.5 Å². The number of carbonyl (C=O) groups excluding carboxylic acids is 2. The van der Waals surface area contributed by atoms with Gasteiger partial charge >= 0.3 is 5.97 Å². The van der Waals surface area contributed by atoms with Crippen LogP contribution in [0.4, 0.5) is 0 Å². The van der Waals surface area contributed by atoms with Gasteiger partial charge in [-0.05, 0) is 57.4 Å². The summed E-state index contributed by atoms with van der Waals surface area (Å²) in [5.41, 5.74) is 5.99. The van der Waals surface area contributed by atoms with E-state index in [1.54, 1.807) is 0 Å². The fourth-order valence-corrected chi connectivity index (χ4v) is 4.11. The summed E-state index contributed by atoms with van der Waals surface area (Å²) in [7, 11) is 0. The number of rotatable bonds is 6. The first-order chi connectivity index (χ1) is 11.1. The lowest BCUT2D eigenvalue weighted by atomic mass is 9.71. The second-order valence-corrected chi connectivity index (χ2v) is 7.31. The fraction of sp³-hybridized carbons (Fsp3) is 0.889. The van der Waals surface area contributed by atoms with Crippen LogP contribution in [0, 0.1) is 11.3 Å². The zero-order valence-corrected chi connectivity index (χ0v) is 14.4. The minimum atomic E-state index is -0.0819. The smallest absolute Gasteiger partial charge is 0.308 e. The molecule has 0 aromatic rings. The maximum atomic E-state index is 12.4. The van der Waals surface area contributed by atoms with Gasteiger partial charge in [0.1, 0.15) is 0 Å². The van der Waals surface area contributed by atoms with Gasteiger partial charge in [-0.15, -0.1) is 0 Å². The first-order valence-electron chi connectivity index (χ1n) is 9.24. The van der Waals surface area contributed by atoms with Gasteiger partial charge in [0.25, 0.3) is 0 Å². The van der Waals surface area contributed by atoms with Crippen molar-refractivity contribution in [2.75, 3.05) is 13.2 Å². The molecule has 2 aliphatic carbocycles. The summed E-state index contributed by atoms with van der Waals surface area (Å²) in [4.78, 5) is 24.2. The second-order valence-electron chi connectivity index (χ2n) is 7.31. The van der Waals surface area contributed by atoms with Crippen LogP contribution in [0.1, 0.15) is 71.1 Å². The summed E-state index contributed by atoms with van der Waals surface area (Å²) >= 11 is 0. The van der Waals surface area contributed by atoms with Gasteiger partial charge in [-0.1, -0.05) is 19.3 Å². The number of nitrogens with two attached hydrogens (primary N) is 1. The molecule has 0 radical (unpaired) electrons. The van der Waals surface area contributed by atoms with Gasteiger partial charge in [0.2, 0.25) is 5.91 Å². The van der Waals surface area contributed by atoms with E-state index in [2.05, 4.69) is 5.32 Å². The summed E-state index contributed by atoms with van der Waals surface area (Å²) in [6.07, 6.45) is 9.71. The predicted octanol–water partition coefficient (Wildman–Crippen LogP) is 2.52. The average molecular weight is 324 g/mol. The van der Waals surface area contributed by atoms with Crippen LogP contribution in [-0.2, 0) is 14.3 Å². The van der Waals surface area contributed by atoms with Crippen LogP contribution in [0.2, 0.25) is 0 Å². The van der Waals surface area contributed by atoms with E-state index < -0.39 is 0 Å². The van der Waals surface area contributed by atoms with Crippen LogP contribution in [0.15, 0.2) is 0 Å². The number of hydrogen-bond donors (Lipinski definition) is 2. The van der Waals surface area contributed by atoms with E-state index in [9.17, 15) is 9.59 Å². The minimum Gasteiger partial charge on any atom is -0.466 e. The highest BCUT2D eigenvalue weighted by atomic mass is 16.5. The molecule has 0 spiro atoms. The van der Waals surface area contributed by atoms with Crippen LogP contribution in [0.5, 0.6) is 0 Å². The molecule has 0 atom stereocenters. The van der Waals surface area contributed by atoms with Crippen molar-refractivity contribution < 1.29 is 14.3 Å². The highest BCUT2D eigenvalue weighted by molar-refractivity contribution is 5.77. The molecule has 1 amide bonds. The van der Waals surface area contributed by atoms with Crippen molar-refractivity contribution in [3.63, 3.8) is 0 Å². The largest absolute Gasteiger partial charge is 0.466 e. The predicted molar refractivity (Wildman–Crippen MR) is 89.7 cm³/mol. The van der Waals surface area contributed by atoms with Crippen LogP contribution >= 0.6 is 0 Å². The fourth-order valence-electron chi connectivity index (χ4n) is 4.11. The van der Waals surface area contributed by atoms with Crippen molar-refractivity contribution in [3.8, 4) is 0 Å². The first kappa shape index (κ1) is 18.2. The molecule has 2 saturated carbocycles. The third-order valence-electron chi connectivity index (χ3n) is 5.60. The van der Waals surface area contributed by atoms with Crippen LogP contribution < -0.4 is 11.1 Å². The second kappa shape index (κ2) is 8.67. The molecule has 0 saturated heterocycles. The third-order valence-corrected chi connectivity index (χ3v) is 5.60. The Kier molecular flexibility index (Phi) is 6.88. The Hall–Kier alpha value is -1.10. The van der Waals surface area contributed by atoms with E-state index in [1.807, 2.05) is 6.92 Å². The molecule has 2 rings (SSSR count). The molecular weight excluding hydrogens is 292 g/mol. The summed E-state index contributed by atoms with van der Waals surface area (Å²) in [6.45, 7) is 2.88. The molecule has 0 aromatic heterocycles. The van der Waals surface area contributed by atoms with Gasteiger partial charge in [-0.2, -0.15) is 0 Å². The maximum Gasteiger partial charge on any atom is 0.308 e. The Bertz CT molecular complexity index is 397. The molecule has 23 heavy (non-hydrogen) atoms. The van der Waals surface area contributed by atoms with E-state index in [0.717, 1.165) is 38.5 Å². The highest BCUT2D eigenvalue weighted by Gasteiger charge is 2.34. The molecular formula is C18H32N2O3. The molecule has 5 heteroatoms. The third kappa shape index (κ3) is 5.20. The van der Waals surface area contributed by atoms with E-state index >= 15 is 0 Å². The van der Waals surface area contributed by atoms with Crippen molar-refractivity contribution in [3.05, 3.63) is 0 Å². The zero-order chi connectivity index (χ0) is 16.7. The maximum absolute atomic E-state index is 12.4. The minimum absolute atomic E-state index is 0.0110. The lowest BCUT2D eigenvalue weighted by Crippen LogP contribution is -2.43. The lowest BCUT2D eigenvalue weighted by molar-refractivity contribution is -0.149. The van der Waals surface area contributed by atoms with Gasteiger partial charge in [0.15, 0.2) is 0 Å². The molecule has 132 valence electrons. The molecule has 2 fully saturated rings. The number of nitrogens with one attached hydrogen (secondary N) is 1. The molecule has 5 nitrogen and oxygen atoms in total. The Labute approximate surface area is 139 Å². The van der Waals surface area contributed by atoms with Gasteiger partial charge in [0, 0.05) is 12.5 Å².